The van der Waals surface area contributed by atoms with E-state index in [0.29, 0.717) is 0 Å². The monoisotopic (exact) mass is 141 g/mol. The Morgan fingerprint density at radius 3 is 2.30 bits per heavy atom. The van der Waals surface area contributed by atoms with Crippen molar-refractivity contribution in [2.24, 2.45) is 5.92 Å². The highest BCUT2D eigenvalue weighted by molar-refractivity contribution is 5.85. The first-order valence-electron chi connectivity index (χ1n) is 3.50. The van der Waals surface area contributed by atoms with E-state index in [-0.39, 0.29) is 17.7 Å². The van der Waals surface area contributed by atoms with Crippen LogP contribution in [0.15, 0.2) is 12.8 Å². The van der Waals surface area contributed by atoms with Gasteiger partial charge in [0.25, 0.3) is 0 Å². The summed E-state index contributed by atoms with van der Waals surface area (Å²) in [7, 11) is 0. The predicted molar refractivity (Wildman–Crippen MR) is 42.6 cm³/mol. The van der Waals surface area contributed by atoms with Crippen molar-refractivity contribution in [2.75, 3.05) is 0 Å². The van der Waals surface area contributed by atoms with Gasteiger partial charge in [0.15, 0.2) is 5.78 Å². The van der Waals surface area contributed by atoms with E-state index >= 15 is 0 Å². The van der Waals surface area contributed by atoms with Crippen molar-refractivity contribution < 1.29 is 4.79 Å². The van der Waals surface area contributed by atoms with Crippen molar-refractivity contribution in [3.8, 4) is 0 Å². The van der Waals surface area contributed by atoms with E-state index in [1.54, 1.807) is 6.20 Å². The molecule has 0 aliphatic carbocycles. The van der Waals surface area contributed by atoms with Gasteiger partial charge < -0.3 is 5.32 Å². The standard InChI is InChI=1S/C8H15NO/c1-5-9-7(4)8(10)6(2)3/h5-7,9H,1H2,2-4H3. The zero-order valence-corrected chi connectivity index (χ0v) is 6.85. The van der Waals surface area contributed by atoms with E-state index in [4.69, 9.17) is 0 Å². The molecule has 0 fully saturated rings. The lowest BCUT2D eigenvalue weighted by atomic mass is 10.0. The molecule has 0 aliphatic heterocycles. The Morgan fingerprint density at radius 2 is 2.00 bits per heavy atom. The second-order valence-corrected chi connectivity index (χ2v) is 2.65. The molecule has 0 heterocycles. The molecule has 0 aliphatic rings. The normalized spacial score (nSPS) is 12.8. The van der Waals surface area contributed by atoms with Crippen LogP contribution in [-0.4, -0.2) is 11.8 Å². The molecular formula is C8H15NO. The highest BCUT2D eigenvalue weighted by Crippen LogP contribution is 1.98. The maximum Gasteiger partial charge on any atom is 0.157 e. The summed E-state index contributed by atoms with van der Waals surface area (Å²) in [5, 5.41) is 2.84. The van der Waals surface area contributed by atoms with Crippen LogP contribution in [-0.2, 0) is 4.79 Å². The van der Waals surface area contributed by atoms with Crippen LogP contribution in [0.25, 0.3) is 0 Å². The molecule has 0 saturated heterocycles. The second kappa shape index (κ2) is 4.09. The molecule has 0 radical (unpaired) electrons. The summed E-state index contributed by atoms with van der Waals surface area (Å²) in [6.45, 7) is 9.10. The Bertz CT molecular complexity index is 129. The average Bonchev–Trinajstić information content (AvgIpc) is 1.87. The van der Waals surface area contributed by atoms with Crippen LogP contribution >= 0.6 is 0 Å². The minimum Gasteiger partial charge on any atom is -0.382 e. The first-order chi connectivity index (χ1) is 4.59. The minimum absolute atomic E-state index is 0.0995. The summed E-state index contributed by atoms with van der Waals surface area (Å²) in [6, 6.07) is -0.0995. The van der Waals surface area contributed by atoms with Crippen molar-refractivity contribution in [3.05, 3.63) is 12.8 Å². The Labute approximate surface area is 62.3 Å². The highest BCUT2D eigenvalue weighted by Gasteiger charge is 2.13. The van der Waals surface area contributed by atoms with E-state index in [9.17, 15) is 4.79 Å². The van der Waals surface area contributed by atoms with Crippen LogP contribution in [0.5, 0.6) is 0 Å². The number of hydrogen-bond acceptors (Lipinski definition) is 2. The number of rotatable bonds is 4. The van der Waals surface area contributed by atoms with E-state index in [0.717, 1.165) is 0 Å². The number of Topliss-reactive ketones (excluding diaryl/α,β-unsaturated/α-hetero) is 1. The van der Waals surface area contributed by atoms with Crippen molar-refractivity contribution in [1.82, 2.24) is 5.32 Å². The molecule has 0 amide bonds. The number of ketones is 1. The first-order valence-corrected chi connectivity index (χ1v) is 3.50. The quantitative estimate of drug-likeness (QED) is 0.640. The van der Waals surface area contributed by atoms with Crippen molar-refractivity contribution >= 4 is 5.78 Å². The first kappa shape index (κ1) is 9.21. The van der Waals surface area contributed by atoms with Gasteiger partial charge in [0, 0.05) is 5.92 Å². The van der Waals surface area contributed by atoms with E-state index in [1.807, 2.05) is 20.8 Å². The zero-order valence-electron chi connectivity index (χ0n) is 6.85. The number of hydrogen-bond donors (Lipinski definition) is 1. The molecule has 0 rings (SSSR count). The highest BCUT2D eigenvalue weighted by atomic mass is 16.1. The third-order valence-corrected chi connectivity index (χ3v) is 1.36. The lowest BCUT2D eigenvalue weighted by molar-refractivity contribution is -0.123. The second-order valence-electron chi connectivity index (χ2n) is 2.65. The summed E-state index contributed by atoms with van der Waals surface area (Å²) in [5.74, 6) is 0.322. The summed E-state index contributed by atoms with van der Waals surface area (Å²) in [5.41, 5.74) is 0. The minimum atomic E-state index is -0.0995. The van der Waals surface area contributed by atoms with E-state index in [1.165, 1.54) is 0 Å². The smallest absolute Gasteiger partial charge is 0.157 e. The van der Waals surface area contributed by atoms with Gasteiger partial charge in [-0.2, -0.15) is 0 Å². The number of carbonyl (C=O) groups is 1. The molecule has 0 aromatic heterocycles. The van der Waals surface area contributed by atoms with Crippen LogP contribution in [0.2, 0.25) is 0 Å². The van der Waals surface area contributed by atoms with Crippen LogP contribution in [0.3, 0.4) is 0 Å². The van der Waals surface area contributed by atoms with E-state index < -0.39 is 0 Å². The van der Waals surface area contributed by atoms with Gasteiger partial charge in [-0.15, -0.1) is 0 Å². The third kappa shape index (κ3) is 2.67. The molecular weight excluding hydrogens is 126 g/mol. The molecule has 0 spiro atoms. The van der Waals surface area contributed by atoms with Crippen LogP contribution < -0.4 is 5.32 Å². The Balaban J connectivity index is 3.81. The fraction of sp³-hybridized carbons (Fsp3) is 0.625. The summed E-state index contributed by atoms with van der Waals surface area (Å²) in [4.78, 5) is 11.1. The third-order valence-electron chi connectivity index (χ3n) is 1.36. The van der Waals surface area contributed by atoms with Crippen molar-refractivity contribution in [3.63, 3.8) is 0 Å². The van der Waals surface area contributed by atoms with Crippen LogP contribution in [0.4, 0.5) is 0 Å². The van der Waals surface area contributed by atoms with Gasteiger partial charge in [-0.05, 0) is 13.1 Å². The van der Waals surface area contributed by atoms with Gasteiger partial charge >= 0.3 is 0 Å². The summed E-state index contributed by atoms with van der Waals surface area (Å²) < 4.78 is 0. The molecule has 0 saturated carbocycles. The Kier molecular flexibility index (Phi) is 3.77. The fourth-order valence-electron chi connectivity index (χ4n) is 0.759. The molecule has 10 heavy (non-hydrogen) atoms. The molecule has 2 nitrogen and oxygen atoms in total. The molecule has 1 unspecified atom stereocenters. The lowest BCUT2D eigenvalue weighted by Crippen LogP contribution is -2.32. The largest absolute Gasteiger partial charge is 0.382 e. The molecule has 1 N–H and O–H groups in total. The summed E-state index contributed by atoms with van der Waals surface area (Å²) in [6.07, 6.45) is 1.55. The van der Waals surface area contributed by atoms with Gasteiger partial charge in [-0.25, -0.2) is 0 Å². The molecule has 0 aromatic rings. The zero-order chi connectivity index (χ0) is 8.15. The maximum atomic E-state index is 11.1. The lowest BCUT2D eigenvalue weighted by Gasteiger charge is -2.11. The molecule has 0 aromatic carbocycles. The van der Waals surface area contributed by atoms with Crippen LogP contribution in [0.1, 0.15) is 20.8 Å². The number of carbonyl (C=O) groups excluding carboxylic acids is 1. The molecule has 1 atom stereocenters. The fourth-order valence-corrected chi connectivity index (χ4v) is 0.759. The predicted octanol–water partition coefficient (Wildman–Crippen LogP) is 1.33. The molecule has 0 bridgehead atoms. The van der Waals surface area contributed by atoms with Gasteiger partial charge in [0.05, 0.1) is 6.04 Å². The SMILES string of the molecule is C=CNC(C)C(=O)C(C)C. The molecule has 58 valence electrons. The Morgan fingerprint density at radius 1 is 1.50 bits per heavy atom. The number of nitrogens with one attached hydrogen (secondary N) is 1. The topological polar surface area (TPSA) is 29.1 Å². The van der Waals surface area contributed by atoms with Crippen molar-refractivity contribution in [1.29, 1.82) is 0 Å². The van der Waals surface area contributed by atoms with Gasteiger partial charge in [0.2, 0.25) is 0 Å². The maximum absolute atomic E-state index is 11.1. The van der Waals surface area contributed by atoms with E-state index in [2.05, 4.69) is 11.9 Å². The van der Waals surface area contributed by atoms with Gasteiger partial charge in [-0.1, -0.05) is 20.4 Å². The van der Waals surface area contributed by atoms with Crippen molar-refractivity contribution in [2.45, 2.75) is 26.8 Å². The van der Waals surface area contributed by atoms with Crippen LogP contribution in [0, 0.1) is 5.92 Å². The Hall–Kier alpha value is -0.790. The van der Waals surface area contributed by atoms with Gasteiger partial charge in [-0.3, -0.25) is 4.79 Å². The van der Waals surface area contributed by atoms with Gasteiger partial charge in [0.1, 0.15) is 0 Å². The average molecular weight is 141 g/mol. The summed E-state index contributed by atoms with van der Waals surface area (Å²) >= 11 is 0. The molecule has 2 heteroatoms.